The first-order valence-corrected chi connectivity index (χ1v) is 8.08. The van der Waals surface area contributed by atoms with Gasteiger partial charge < -0.3 is 55.1 Å². The summed E-state index contributed by atoms with van der Waals surface area (Å²) < 4.78 is 15.3. The van der Waals surface area contributed by atoms with Gasteiger partial charge in [0, 0.05) is 0 Å². The topological polar surface area (TPSA) is 190 Å². The van der Waals surface area contributed by atoms with Crippen molar-refractivity contribution in [3.63, 3.8) is 0 Å². The normalized spacial score (nSPS) is 47.8. The van der Waals surface area contributed by atoms with Crippen LogP contribution in [0.4, 0.5) is 0 Å². The van der Waals surface area contributed by atoms with Gasteiger partial charge in [-0.15, -0.1) is 0 Å². The molecule has 0 aromatic heterocycles. The summed E-state index contributed by atoms with van der Waals surface area (Å²) in [6, 6.07) is 0. The molecule has 2 aliphatic heterocycles. The third-order valence-corrected chi connectivity index (χ3v) is 3.97. The maximum absolute atomic E-state index is 9.84. The third kappa shape index (κ3) is 4.84. The van der Waals surface area contributed by atoms with Crippen LogP contribution in [-0.4, -0.2) is 115 Å². The van der Waals surface area contributed by atoms with E-state index in [1.54, 1.807) is 0 Å². The summed E-state index contributed by atoms with van der Waals surface area (Å²) in [6.07, 6.45) is -15.6. The lowest BCUT2D eigenvalue weighted by atomic mass is 9.98. The van der Waals surface area contributed by atoms with Crippen LogP contribution in [0.1, 0.15) is 13.8 Å². The number of aliphatic hydroxyl groups excluding tert-OH is 8. The third-order valence-electron chi connectivity index (χ3n) is 3.97. The number of rotatable bonds is 4. The van der Waals surface area contributed by atoms with Crippen LogP contribution in [0.5, 0.6) is 0 Å². The molecule has 150 valence electrons. The van der Waals surface area contributed by atoms with Crippen molar-refractivity contribution >= 4 is 0 Å². The molecule has 8 N–H and O–H groups in total. The molecule has 0 bridgehead atoms. The summed E-state index contributed by atoms with van der Waals surface area (Å²) in [7, 11) is 0. The zero-order valence-electron chi connectivity index (χ0n) is 14.0. The Hall–Kier alpha value is -0.440. The zero-order chi connectivity index (χ0) is 19.3. The molecule has 0 aliphatic carbocycles. The summed E-state index contributed by atoms with van der Waals surface area (Å²) in [5.41, 5.74) is 0. The predicted molar refractivity (Wildman–Crippen MR) is 80.0 cm³/mol. The van der Waals surface area contributed by atoms with Crippen LogP contribution in [0.15, 0.2) is 0 Å². The lowest BCUT2D eigenvalue weighted by Gasteiger charge is -2.44. The van der Waals surface area contributed by atoms with E-state index in [9.17, 15) is 30.6 Å². The van der Waals surface area contributed by atoms with Crippen molar-refractivity contribution in [2.24, 2.45) is 0 Å². The molecule has 10 unspecified atom stereocenters. The fourth-order valence-electron chi connectivity index (χ4n) is 2.49. The number of ether oxygens (including phenoxy) is 3. The smallest absolute Gasteiger partial charge is 0.189 e. The molecule has 11 nitrogen and oxygen atoms in total. The molecule has 25 heavy (non-hydrogen) atoms. The molecule has 2 aliphatic rings. The number of aliphatic hydroxyl groups is 8. The monoisotopic (exact) mass is 372 g/mol. The standard InChI is InChI=1S/C12H22O11.C2H6/c13-1-3-5(15)7(17)9(19)11(21-3)23-12-10(20)8(18)6(16)4(2-14)22-12;1-2/h3-20H,1-2H2;1-2H3. The molecule has 2 rings (SSSR count). The van der Waals surface area contributed by atoms with Gasteiger partial charge in [-0.3, -0.25) is 0 Å². The van der Waals surface area contributed by atoms with E-state index in [4.69, 9.17) is 24.4 Å². The second kappa shape index (κ2) is 10.0. The van der Waals surface area contributed by atoms with Crippen molar-refractivity contribution < 1.29 is 55.1 Å². The van der Waals surface area contributed by atoms with E-state index in [0.29, 0.717) is 0 Å². The predicted octanol–water partition coefficient (Wildman–Crippen LogP) is -4.37. The molecule has 0 aromatic rings. The number of hydrogen-bond acceptors (Lipinski definition) is 11. The van der Waals surface area contributed by atoms with Crippen LogP contribution in [0.3, 0.4) is 0 Å². The van der Waals surface area contributed by atoms with Gasteiger partial charge in [0.25, 0.3) is 0 Å². The Balaban J connectivity index is 0.00000151. The highest BCUT2D eigenvalue weighted by atomic mass is 16.8. The van der Waals surface area contributed by atoms with Crippen molar-refractivity contribution in [2.75, 3.05) is 13.2 Å². The second-order valence-electron chi connectivity index (χ2n) is 5.53. The minimum absolute atomic E-state index is 0.667. The number of hydrogen-bond donors (Lipinski definition) is 8. The molecule has 0 aromatic carbocycles. The fourth-order valence-corrected chi connectivity index (χ4v) is 2.49. The van der Waals surface area contributed by atoms with E-state index in [1.165, 1.54) is 0 Å². The van der Waals surface area contributed by atoms with E-state index in [2.05, 4.69) is 0 Å². The van der Waals surface area contributed by atoms with Crippen LogP contribution in [0, 0.1) is 0 Å². The van der Waals surface area contributed by atoms with E-state index in [1.807, 2.05) is 13.8 Å². The van der Waals surface area contributed by atoms with E-state index >= 15 is 0 Å². The van der Waals surface area contributed by atoms with Gasteiger partial charge in [0.2, 0.25) is 0 Å². The average Bonchev–Trinajstić information content (AvgIpc) is 2.63. The Labute approximate surface area is 144 Å². The van der Waals surface area contributed by atoms with Gasteiger partial charge in [-0.1, -0.05) is 13.8 Å². The van der Waals surface area contributed by atoms with E-state index in [-0.39, 0.29) is 0 Å². The fraction of sp³-hybridized carbons (Fsp3) is 1.00. The molecular weight excluding hydrogens is 344 g/mol. The highest BCUT2D eigenvalue weighted by Gasteiger charge is 2.49. The molecule has 2 fully saturated rings. The molecule has 11 heteroatoms. The van der Waals surface area contributed by atoms with Crippen LogP contribution in [-0.2, 0) is 14.2 Å². The van der Waals surface area contributed by atoms with Gasteiger partial charge in [-0.25, -0.2) is 0 Å². The lowest BCUT2D eigenvalue weighted by Crippen LogP contribution is -2.63. The Morgan fingerprint density at radius 2 is 0.920 bits per heavy atom. The van der Waals surface area contributed by atoms with Crippen LogP contribution >= 0.6 is 0 Å². The van der Waals surface area contributed by atoms with Crippen molar-refractivity contribution in [1.82, 2.24) is 0 Å². The molecule has 2 heterocycles. The maximum Gasteiger partial charge on any atom is 0.189 e. The largest absolute Gasteiger partial charge is 0.394 e. The molecule has 0 radical (unpaired) electrons. The van der Waals surface area contributed by atoms with Crippen LogP contribution < -0.4 is 0 Å². The summed E-state index contributed by atoms with van der Waals surface area (Å²) in [6.45, 7) is 2.67. The highest BCUT2D eigenvalue weighted by molar-refractivity contribution is 4.92. The highest BCUT2D eigenvalue weighted by Crippen LogP contribution is 2.27. The van der Waals surface area contributed by atoms with Crippen molar-refractivity contribution in [2.45, 2.75) is 75.3 Å². The minimum atomic E-state index is -1.72. The van der Waals surface area contributed by atoms with E-state index in [0.717, 1.165) is 0 Å². The summed E-state index contributed by atoms with van der Waals surface area (Å²) in [5.74, 6) is 0. The van der Waals surface area contributed by atoms with Crippen LogP contribution in [0.25, 0.3) is 0 Å². The molecule has 2 saturated heterocycles. The minimum Gasteiger partial charge on any atom is -0.394 e. The molecule has 0 amide bonds. The quantitative estimate of drug-likeness (QED) is 0.238. The zero-order valence-corrected chi connectivity index (χ0v) is 14.0. The Kier molecular flexibility index (Phi) is 9.08. The summed E-state index contributed by atoms with van der Waals surface area (Å²) in [5, 5.41) is 76.4. The van der Waals surface area contributed by atoms with Crippen molar-refractivity contribution in [1.29, 1.82) is 0 Å². The second-order valence-corrected chi connectivity index (χ2v) is 5.53. The van der Waals surface area contributed by atoms with Gasteiger partial charge in [0.1, 0.15) is 48.8 Å². The first-order valence-electron chi connectivity index (χ1n) is 8.08. The SMILES string of the molecule is CC.OCC1OC(OC2OC(CO)C(O)C(O)C2O)C(O)C(O)C1O. The first-order chi connectivity index (χ1) is 11.8. The van der Waals surface area contributed by atoms with Gasteiger partial charge in [-0.05, 0) is 0 Å². The molecule has 0 saturated carbocycles. The van der Waals surface area contributed by atoms with Gasteiger partial charge in [-0.2, -0.15) is 0 Å². The summed E-state index contributed by atoms with van der Waals surface area (Å²) >= 11 is 0. The maximum atomic E-state index is 9.84. The van der Waals surface area contributed by atoms with E-state index < -0.39 is 74.6 Å². The summed E-state index contributed by atoms with van der Waals surface area (Å²) in [4.78, 5) is 0. The van der Waals surface area contributed by atoms with Crippen molar-refractivity contribution in [3.8, 4) is 0 Å². The molecule has 10 atom stereocenters. The van der Waals surface area contributed by atoms with Gasteiger partial charge in [0.05, 0.1) is 13.2 Å². The Morgan fingerprint density at radius 1 is 0.600 bits per heavy atom. The average molecular weight is 372 g/mol. The Morgan fingerprint density at radius 3 is 1.20 bits per heavy atom. The van der Waals surface area contributed by atoms with Gasteiger partial charge in [0.15, 0.2) is 12.6 Å². The van der Waals surface area contributed by atoms with Gasteiger partial charge >= 0.3 is 0 Å². The lowest BCUT2D eigenvalue weighted by molar-refractivity contribution is -0.376. The Bertz CT molecular complexity index is 346. The molecule has 0 spiro atoms. The van der Waals surface area contributed by atoms with Crippen LogP contribution in [0.2, 0.25) is 0 Å². The molecular formula is C14H28O11. The van der Waals surface area contributed by atoms with Crippen molar-refractivity contribution in [3.05, 3.63) is 0 Å². The first kappa shape index (κ1) is 22.6.